The third kappa shape index (κ3) is 4.01. The van der Waals surface area contributed by atoms with E-state index < -0.39 is 16.1 Å². The molecule has 0 bridgehead atoms. The second kappa shape index (κ2) is 6.52. The lowest BCUT2D eigenvalue weighted by Crippen LogP contribution is -2.45. The van der Waals surface area contributed by atoms with Crippen LogP contribution in [0.5, 0.6) is 0 Å². The van der Waals surface area contributed by atoms with E-state index in [-0.39, 0.29) is 10.8 Å². The molecule has 1 aliphatic rings. The van der Waals surface area contributed by atoms with Crippen LogP contribution >= 0.6 is 0 Å². The number of amides is 1. The Hall–Kier alpha value is -1.48. The number of primary sulfonamides is 1. The third-order valence-corrected chi connectivity index (χ3v) is 4.24. The summed E-state index contributed by atoms with van der Waals surface area (Å²) >= 11 is 0. The fraction of sp³-hybridized carbons (Fsp3) is 0.462. The largest absolute Gasteiger partial charge is 0.366 e. The molecule has 1 heterocycles. The number of morpholine rings is 1. The average Bonchev–Trinajstić information content (AvgIpc) is 2.47. The van der Waals surface area contributed by atoms with Gasteiger partial charge in [-0.1, -0.05) is 13.0 Å². The third-order valence-electron chi connectivity index (χ3n) is 3.24. The van der Waals surface area contributed by atoms with Gasteiger partial charge in [0.2, 0.25) is 10.0 Å². The maximum absolute atomic E-state index is 12.0. The highest BCUT2D eigenvalue weighted by Crippen LogP contribution is 2.20. The lowest BCUT2D eigenvalue weighted by atomic mass is 10.1. The van der Waals surface area contributed by atoms with E-state index in [1.165, 1.54) is 6.07 Å². The smallest absolute Gasteiger partial charge is 0.254 e. The molecule has 1 saturated heterocycles. The first-order valence-corrected chi connectivity index (χ1v) is 8.25. The lowest BCUT2D eigenvalue weighted by Gasteiger charge is -2.22. The monoisotopic (exact) mass is 313 g/mol. The molecule has 0 saturated carbocycles. The van der Waals surface area contributed by atoms with Crippen molar-refractivity contribution >= 4 is 21.6 Å². The summed E-state index contributed by atoms with van der Waals surface area (Å²) in [5, 5.41) is 10.9. The Kier molecular flexibility index (Phi) is 4.94. The summed E-state index contributed by atoms with van der Waals surface area (Å²) in [6.45, 7) is 3.45. The Morgan fingerprint density at radius 3 is 2.86 bits per heavy atom. The summed E-state index contributed by atoms with van der Waals surface area (Å²) in [5.74, 6) is -0.313. The van der Waals surface area contributed by atoms with E-state index >= 15 is 0 Å². The Labute approximate surface area is 123 Å². The molecule has 1 atom stereocenters. The zero-order valence-electron chi connectivity index (χ0n) is 11.8. The van der Waals surface area contributed by atoms with E-state index in [1.54, 1.807) is 12.1 Å². The predicted molar refractivity (Wildman–Crippen MR) is 78.4 cm³/mol. The molecule has 0 spiro atoms. The lowest BCUT2D eigenvalue weighted by molar-refractivity contribution is -0.128. The summed E-state index contributed by atoms with van der Waals surface area (Å²) in [6, 6.07) is 4.68. The number of carbonyl (C=O) groups excluding carboxylic acids is 1. The highest BCUT2D eigenvalue weighted by Gasteiger charge is 2.22. The van der Waals surface area contributed by atoms with Gasteiger partial charge in [0.05, 0.1) is 11.5 Å². The number of hydrogen-bond donors (Lipinski definition) is 3. The fourth-order valence-electron chi connectivity index (χ4n) is 2.15. The van der Waals surface area contributed by atoms with E-state index in [2.05, 4.69) is 10.6 Å². The average molecular weight is 313 g/mol. The SMILES string of the molecule is CCc1ccc(NC(=O)C2CNCCO2)cc1S(N)(=O)=O. The Balaban J connectivity index is 2.19. The maximum Gasteiger partial charge on any atom is 0.254 e. The highest BCUT2D eigenvalue weighted by molar-refractivity contribution is 7.89. The van der Waals surface area contributed by atoms with Gasteiger partial charge in [-0.15, -0.1) is 0 Å². The molecule has 21 heavy (non-hydrogen) atoms. The van der Waals surface area contributed by atoms with Gasteiger partial charge in [0.25, 0.3) is 5.91 Å². The van der Waals surface area contributed by atoms with E-state index in [4.69, 9.17) is 9.88 Å². The standard InChI is InChI=1S/C13H19N3O4S/c1-2-9-3-4-10(7-12(9)21(14,18)19)16-13(17)11-8-15-5-6-20-11/h3-4,7,11,15H,2,5-6,8H2,1H3,(H,16,17)(H2,14,18,19). The summed E-state index contributed by atoms with van der Waals surface area (Å²) in [4.78, 5) is 12.1. The van der Waals surface area contributed by atoms with Crippen LogP contribution in [0.15, 0.2) is 23.1 Å². The van der Waals surface area contributed by atoms with Gasteiger partial charge in [0.1, 0.15) is 6.10 Å². The Morgan fingerprint density at radius 1 is 1.52 bits per heavy atom. The van der Waals surface area contributed by atoms with Gasteiger partial charge in [0, 0.05) is 18.8 Å². The van der Waals surface area contributed by atoms with Crippen molar-refractivity contribution in [3.8, 4) is 0 Å². The number of benzene rings is 1. The van der Waals surface area contributed by atoms with Crippen LogP contribution in [0.1, 0.15) is 12.5 Å². The molecule has 1 unspecified atom stereocenters. The minimum atomic E-state index is -3.82. The molecule has 0 radical (unpaired) electrons. The zero-order valence-corrected chi connectivity index (χ0v) is 12.6. The van der Waals surface area contributed by atoms with E-state index in [0.29, 0.717) is 37.4 Å². The highest BCUT2D eigenvalue weighted by atomic mass is 32.2. The number of aryl methyl sites for hydroxylation is 1. The first-order chi connectivity index (χ1) is 9.91. The Bertz CT molecular complexity index is 624. The number of carbonyl (C=O) groups is 1. The molecule has 1 aromatic rings. The first-order valence-electron chi connectivity index (χ1n) is 6.70. The van der Waals surface area contributed by atoms with E-state index in [0.717, 1.165) is 0 Å². The van der Waals surface area contributed by atoms with Gasteiger partial charge in [-0.2, -0.15) is 0 Å². The molecule has 0 aliphatic carbocycles. The second-order valence-corrected chi connectivity index (χ2v) is 6.30. The minimum absolute atomic E-state index is 0.0329. The molecule has 4 N–H and O–H groups in total. The minimum Gasteiger partial charge on any atom is -0.366 e. The van der Waals surface area contributed by atoms with Crippen LogP contribution in [-0.4, -0.2) is 40.1 Å². The molecular formula is C13H19N3O4S. The number of ether oxygens (including phenoxy) is 1. The molecular weight excluding hydrogens is 294 g/mol. The van der Waals surface area contributed by atoms with E-state index in [1.807, 2.05) is 6.92 Å². The van der Waals surface area contributed by atoms with Gasteiger partial charge in [0.15, 0.2) is 0 Å². The molecule has 2 rings (SSSR count). The van der Waals surface area contributed by atoms with Crippen molar-refractivity contribution in [1.29, 1.82) is 0 Å². The van der Waals surface area contributed by atoms with Crippen molar-refractivity contribution in [3.05, 3.63) is 23.8 Å². The van der Waals surface area contributed by atoms with Crippen LogP contribution in [-0.2, 0) is 26.0 Å². The summed E-state index contributed by atoms with van der Waals surface area (Å²) in [6.07, 6.45) is -0.0436. The van der Waals surface area contributed by atoms with Gasteiger partial charge >= 0.3 is 0 Å². The molecule has 0 aromatic heterocycles. The molecule has 116 valence electrons. The summed E-state index contributed by atoms with van der Waals surface area (Å²) < 4.78 is 28.5. The predicted octanol–water partition coefficient (Wildman–Crippen LogP) is -0.177. The van der Waals surface area contributed by atoms with Crippen LogP contribution in [0.2, 0.25) is 0 Å². The molecule has 1 fully saturated rings. The van der Waals surface area contributed by atoms with Crippen molar-refractivity contribution in [2.75, 3.05) is 25.0 Å². The molecule has 7 nitrogen and oxygen atoms in total. The number of nitrogens with two attached hydrogens (primary N) is 1. The molecule has 1 aliphatic heterocycles. The van der Waals surface area contributed by atoms with Crippen molar-refractivity contribution in [1.82, 2.24) is 5.32 Å². The maximum atomic E-state index is 12.0. The van der Waals surface area contributed by atoms with Gasteiger partial charge in [-0.05, 0) is 24.1 Å². The van der Waals surface area contributed by atoms with Crippen LogP contribution < -0.4 is 15.8 Å². The van der Waals surface area contributed by atoms with Gasteiger partial charge in [-0.25, -0.2) is 13.6 Å². The summed E-state index contributed by atoms with van der Waals surface area (Å²) in [5.41, 5.74) is 1.00. The summed E-state index contributed by atoms with van der Waals surface area (Å²) in [7, 11) is -3.82. The zero-order chi connectivity index (χ0) is 15.5. The quantitative estimate of drug-likeness (QED) is 0.714. The normalized spacial score (nSPS) is 19.2. The van der Waals surface area contributed by atoms with Crippen molar-refractivity contribution < 1.29 is 17.9 Å². The first kappa shape index (κ1) is 15.9. The number of nitrogens with one attached hydrogen (secondary N) is 2. The van der Waals surface area contributed by atoms with Crippen LogP contribution in [0.3, 0.4) is 0 Å². The Morgan fingerprint density at radius 2 is 2.29 bits per heavy atom. The number of rotatable bonds is 4. The second-order valence-electron chi connectivity index (χ2n) is 4.77. The van der Waals surface area contributed by atoms with Crippen molar-refractivity contribution in [2.24, 2.45) is 5.14 Å². The molecule has 1 amide bonds. The van der Waals surface area contributed by atoms with E-state index in [9.17, 15) is 13.2 Å². The number of sulfonamides is 1. The van der Waals surface area contributed by atoms with Crippen molar-refractivity contribution in [2.45, 2.75) is 24.3 Å². The molecule has 8 heteroatoms. The molecule has 1 aromatic carbocycles. The van der Waals surface area contributed by atoms with Crippen molar-refractivity contribution in [3.63, 3.8) is 0 Å². The van der Waals surface area contributed by atoms with Crippen LogP contribution in [0.4, 0.5) is 5.69 Å². The van der Waals surface area contributed by atoms with Crippen LogP contribution in [0.25, 0.3) is 0 Å². The fourth-order valence-corrected chi connectivity index (χ4v) is 3.01. The topological polar surface area (TPSA) is 111 Å². The van der Waals surface area contributed by atoms with Crippen LogP contribution in [0, 0.1) is 0 Å². The van der Waals surface area contributed by atoms with Gasteiger partial charge in [-0.3, -0.25) is 4.79 Å². The number of anilines is 1. The number of hydrogen-bond acceptors (Lipinski definition) is 5. The van der Waals surface area contributed by atoms with Gasteiger partial charge < -0.3 is 15.4 Å².